The highest BCUT2D eigenvalue weighted by Crippen LogP contribution is 2.12. The highest BCUT2D eigenvalue weighted by molar-refractivity contribution is 7.78. The molecule has 0 aromatic heterocycles. The highest BCUT2D eigenvalue weighted by atomic mass is 32.1. The van der Waals surface area contributed by atoms with Gasteiger partial charge in [-0.3, -0.25) is 14.4 Å². The van der Waals surface area contributed by atoms with E-state index in [1.807, 2.05) is 6.92 Å². The van der Waals surface area contributed by atoms with Crippen molar-refractivity contribution in [1.29, 1.82) is 0 Å². The molecule has 0 aliphatic heterocycles. The highest BCUT2D eigenvalue weighted by Gasteiger charge is 2.14. The molecule has 0 aliphatic carbocycles. The van der Waals surface area contributed by atoms with Crippen LogP contribution in [0.4, 0.5) is 4.79 Å². The van der Waals surface area contributed by atoms with Crippen LogP contribution in [0.5, 0.6) is 5.75 Å². The van der Waals surface area contributed by atoms with Crippen molar-refractivity contribution in [3.8, 4) is 5.75 Å². The van der Waals surface area contributed by atoms with Crippen molar-refractivity contribution in [2.45, 2.75) is 33.1 Å². The summed E-state index contributed by atoms with van der Waals surface area (Å²) in [4.78, 5) is 23.7. The van der Waals surface area contributed by atoms with Gasteiger partial charge in [0.25, 0.3) is 5.91 Å². The number of amides is 3. The molecule has 0 heterocycles. The number of ether oxygens (including phenoxy) is 1. The summed E-state index contributed by atoms with van der Waals surface area (Å²) in [7, 11) is 0. The van der Waals surface area contributed by atoms with Crippen molar-refractivity contribution in [2.75, 3.05) is 13.2 Å². The third-order valence-corrected chi connectivity index (χ3v) is 3.24. The van der Waals surface area contributed by atoms with E-state index in [1.54, 1.807) is 24.3 Å². The summed E-state index contributed by atoms with van der Waals surface area (Å²) in [6.07, 6.45) is 2.95. The SMILES string of the molecule is CCCCCN(S)C(=O)NC(=O)c1ccc(OCC)cc1. The van der Waals surface area contributed by atoms with Crippen LogP contribution in [0.2, 0.25) is 0 Å². The largest absolute Gasteiger partial charge is 0.494 e. The Morgan fingerprint density at radius 1 is 1.19 bits per heavy atom. The molecule has 0 saturated carbocycles. The quantitative estimate of drug-likeness (QED) is 0.600. The van der Waals surface area contributed by atoms with Gasteiger partial charge in [0, 0.05) is 12.1 Å². The van der Waals surface area contributed by atoms with Crippen LogP contribution in [0.3, 0.4) is 0 Å². The number of urea groups is 1. The second-order valence-electron chi connectivity index (χ2n) is 4.55. The van der Waals surface area contributed by atoms with E-state index in [9.17, 15) is 9.59 Å². The van der Waals surface area contributed by atoms with Crippen LogP contribution in [-0.4, -0.2) is 29.4 Å². The summed E-state index contributed by atoms with van der Waals surface area (Å²) in [6, 6.07) is 6.13. The molecule has 0 spiro atoms. The van der Waals surface area contributed by atoms with Gasteiger partial charge in [-0.1, -0.05) is 32.6 Å². The zero-order chi connectivity index (χ0) is 15.7. The molecule has 1 rings (SSSR count). The van der Waals surface area contributed by atoms with E-state index in [0.717, 1.165) is 19.3 Å². The van der Waals surface area contributed by atoms with Gasteiger partial charge in [0.1, 0.15) is 5.75 Å². The molecule has 1 N–H and O–H groups in total. The van der Waals surface area contributed by atoms with Gasteiger partial charge in [-0.2, -0.15) is 0 Å². The first-order chi connectivity index (χ1) is 10.1. The van der Waals surface area contributed by atoms with Gasteiger partial charge < -0.3 is 4.74 Å². The molecule has 0 bridgehead atoms. The lowest BCUT2D eigenvalue weighted by atomic mass is 10.2. The summed E-state index contributed by atoms with van der Waals surface area (Å²) < 4.78 is 6.52. The number of thiol groups is 1. The molecule has 0 saturated heterocycles. The number of rotatable bonds is 7. The Bertz CT molecular complexity index is 462. The number of benzene rings is 1. The number of nitrogens with one attached hydrogen (secondary N) is 1. The van der Waals surface area contributed by atoms with Crippen LogP contribution >= 0.6 is 12.8 Å². The molecular formula is C15H22N2O3S. The van der Waals surface area contributed by atoms with Crippen molar-refractivity contribution in [3.63, 3.8) is 0 Å². The number of hydrogen-bond donors (Lipinski definition) is 2. The minimum absolute atomic E-state index is 0.405. The summed E-state index contributed by atoms with van der Waals surface area (Å²) in [5.41, 5.74) is 0.405. The van der Waals surface area contributed by atoms with E-state index < -0.39 is 11.9 Å². The Morgan fingerprint density at radius 3 is 2.43 bits per heavy atom. The zero-order valence-electron chi connectivity index (χ0n) is 12.5. The molecule has 1 aromatic carbocycles. The Balaban J connectivity index is 2.49. The fourth-order valence-electron chi connectivity index (χ4n) is 1.72. The van der Waals surface area contributed by atoms with Gasteiger partial charge in [-0.15, -0.1) is 0 Å². The van der Waals surface area contributed by atoms with E-state index in [4.69, 9.17) is 4.74 Å². The zero-order valence-corrected chi connectivity index (χ0v) is 13.4. The van der Waals surface area contributed by atoms with Crippen LogP contribution in [0.25, 0.3) is 0 Å². The molecule has 1 aromatic rings. The lowest BCUT2D eigenvalue weighted by molar-refractivity contribution is 0.0960. The van der Waals surface area contributed by atoms with E-state index in [0.29, 0.717) is 24.5 Å². The minimum atomic E-state index is -0.506. The second kappa shape index (κ2) is 9.28. The topological polar surface area (TPSA) is 58.6 Å². The van der Waals surface area contributed by atoms with Crippen LogP contribution in [0.1, 0.15) is 43.5 Å². The molecule has 0 fully saturated rings. The van der Waals surface area contributed by atoms with Crippen molar-refractivity contribution in [1.82, 2.24) is 9.62 Å². The molecule has 3 amide bonds. The molecule has 6 heteroatoms. The van der Waals surface area contributed by atoms with Crippen molar-refractivity contribution in [2.24, 2.45) is 0 Å². The lowest BCUT2D eigenvalue weighted by Crippen LogP contribution is -2.38. The summed E-state index contributed by atoms with van der Waals surface area (Å²) in [6.45, 7) is 5.05. The first-order valence-corrected chi connectivity index (χ1v) is 7.53. The maximum absolute atomic E-state index is 11.9. The summed E-state index contributed by atoms with van der Waals surface area (Å²) >= 11 is 4.08. The molecule has 0 atom stereocenters. The van der Waals surface area contributed by atoms with Gasteiger partial charge in [-0.25, -0.2) is 4.79 Å². The molecule has 5 nitrogen and oxygen atoms in total. The fraction of sp³-hybridized carbons (Fsp3) is 0.467. The average molecular weight is 310 g/mol. The minimum Gasteiger partial charge on any atom is -0.494 e. The Kier molecular flexibility index (Phi) is 7.68. The third-order valence-electron chi connectivity index (χ3n) is 2.86. The van der Waals surface area contributed by atoms with E-state index in [-0.39, 0.29) is 0 Å². The van der Waals surface area contributed by atoms with Crippen molar-refractivity contribution in [3.05, 3.63) is 29.8 Å². The molecule has 0 aliphatic rings. The smallest absolute Gasteiger partial charge is 0.334 e. The van der Waals surface area contributed by atoms with E-state index >= 15 is 0 Å². The second-order valence-corrected chi connectivity index (χ2v) is 5.03. The van der Waals surface area contributed by atoms with E-state index in [2.05, 4.69) is 25.1 Å². The number of hydrogen-bond acceptors (Lipinski definition) is 4. The Morgan fingerprint density at radius 2 is 1.86 bits per heavy atom. The number of unbranched alkanes of at least 4 members (excludes halogenated alkanes) is 2. The van der Waals surface area contributed by atoms with Gasteiger partial charge >= 0.3 is 6.03 Å². The Labute approximate surface area is 131 Å². The normalized spacial score (nSPS) is 10.0. The maximum atomic E-state index is 11.9. The third kappa shape index (κ3) is 6.08. The molecular weight excluding hydrogens is 288 g/mol. The lowest BCUT2D eigenvalue weighted by Gasteiger charge is -2.15. The van der Waals surface area contributed by atoms with Gasteiger partial charge in [0.15, 0.2) is 0 Å². The summed E-state index contributed by atoms with van der Waals surface area (Å²) in [5, 5.41) is 2.31. The van der Waals surface area contributed by atoms with Crippen LogP contribution < -0.4 is 10.1 Å². The predicted molar refractivity (Wildman–Crippen MR) is 85.7 cm³/mol. The number of carbonyl (C=O) groups excluding carboxylic acids is 2. The molecule has 116 valence electrons. The molecule has 0 radical (unpaired) electrons. The summed E-state index contributed by atoms with van der Waals surface area (Å²) in [5.74, 6) is 0.244. The number of nitrogens with zero attached hydrogens (tertiary/aromatic N) is 1. The van der Waals surface area contributed by atoms with Crippen LogP contribution in [0, 0.1) is 0 Å². The monoisotopic (exact) mass is 310 g/mol. The first-order valence-electron chi connectivity index (χ1n) is 7.13. The predicted octanol–water partition coefficient (Wildman–Crippen LogP) is 3.27. The number of carbonyl (C=O) groups is 2. The fourth-order valence-corrected chi connectivity index (χ4v) is 1.91. The molecule has 21 heavy (non-hydrogen) atoms. The van der Waals surface area contributed by atoms with Gasteiger partial charge in [0.05, 0.1) is 6.61 Å². The maximum Gasteiger partial charge on any atom is 0.334 e. The van der Waals surface area contributed by atoms with Crippen LogP contribution in [-0.2, 0) is 0 Å². The van der Waals surface area contributed by atoms with Crippen molar-refractivity contribution < 1.29 is 14.3 Å². The standard InChI is InChI=1S/C15H22N2O3S/c1-3-5-6-11-17(21)15(19)16-14(18)12-7-9-13(10-8-12)20-4-2/h7-10,21H,3-6,11H2,1-2H3,(H,16,18,19). The van der Waals surface area contributed by atoms with Crippen LogP contribution in [0.15, 0.2) is 24.3 Å². The van der Waals surface area contributed by atoms with Crippen molar-refractivity contribution >= 4 is 24.8 Å². The van der Waals surface area contributed by atoms with Gasteiger partial charge in [0.2, 0.25) is 0 Å². The molecule has 0 unspecified atom stereocenters. The van der Waals surface area contributed by atoms with Gasteiger partial charge in [-0.05, 0) is 37.6 Å². The van der Waals surface area contributed by atoms with E-state index in [1.165, 1.54) is 4.31 Å². The number of imide groups is 1. The Hall–Kier alpha value is -1.69. The average Bonchev–Trinajstić information content (AvgIpc) is 2.48. The first kappa shape index (κ1) is 17.4.